The topological polar surface area (TPSA) is 93.7 Å². The summed E-state index contributed by atoms with van der Waals surface area (Å²) in [7, 11) is 0. The van der Waals surface area contributed by atoms with Crippen LogP contribution in [0.3, 0.4) is 0 Å². The molecule has 2 amide bonds. The van der Waals surface area contributed by atoms with E-state index in [0.29, 0.717) is 49.5 Å². The van der Waals surface area contributed by atoms with Gasteiger partial charge in [-0.3, -0.25) is 9.59 Å². The number of hydrogen-bond donors (Lipinski definition) is 4. The Balaban J connectivity index is 1.46. The molecule has 1 saturated carbocycles. The summed E-state index contributed by atoms with van der Waals surface area (Å²) in [5.74, 6) is 0.567. The van der Waals surface area contributed by atoms with E-state index < -0.39 is 12.1 Å². The largest absolute Gasteiger partial charge is 0.390 e. The summed E-state index contributed by atoms with van der Waals surface area (Å²) in [6.07, 6.45) is 5.75. The Labute approximate surface area is 240 Å². The van der Waals surface area contributed by atoms with Crippen molar-refractivity contribution >= 4 is 23.2 Å². The lowest BCUT2D eigenvalue weighted by atomic mass is 9.71. The van der Waals surface area contributed by atoms with E-state index in [1.54, 1.807) is 11.0 Å². The highest BCUT2D eigenvalue weighted by Crippen LogP contribution is 2.37. The molecule has 1 aliphatic heterocycles. The molecule has 2 fully saturated rings. The molecule has 1 aliphatic carbocycles. The van der Waals surface area contributed by atoms with Gasteiger partial charge in [-0.15, -0.1) is 0 Å². The molecule has 2 aromatic rings. The van der Waals surface area contributed by atoms with Crippen LogP contribution >= 0.6 is 0 Å². The van der Waals surface area contributed by atoms with Crippen molar-refractivity contribution in [2.24, 2.45) is 11.3 Å². The van der Waals surface area contributed by atoms with Gasteiger partial charge in [0.15, 0.2) is 0 Å². The van der Waals surface area contributed by atoms with Gasteiger partial charge in [0.05, 0.1) is 12.1 Å². The lowest BCUT2D eigenvalue weighted by Crippen LogP contribution is -2.50. The number of rotatable bonds is 11. The van der Waals surface area contributed by atoms with Crippen LogP contribution in [0.15, 0.2) is 48.5 Å². The molecule has 4 N–H and O–H groups in total. The summed E-state index contributed by atoms with van der Waals surface area (Å²) >= 11 is 0. The Morgan fingerprint density at radius 1 is 1.07 bits per heavy atom. The van der Waals surface area contributed by atoms with E-state index in [1.165, 1.54) is 12.8 Å². The Hall–Kier alpha value is -2.90. The maximum atomic E-state index is 13.6. The molecule has 7 heteroatoms. The number of anilines is 2. The SMILES string of the molecule is CCNc1cc(C(=O)N[C@@H](Cc2ccccc2)[C@H](O)CNC2CCC(C(C)(C)C)CC2)cc(N2CCCC2=O)c1. The molecule has 40 heavy (non-hydrogen) atoms. The first-order chi connectivity index (χ1) is 19.1. The summed E-state index contributed by atoms with van der Waals surface area (Å²) in [5.41, 5.74) is 3.41. The molecule has 0 spiro atoms. The molecule has 0 radical (unpaired) electrons. The monoisotopic (exact) mass is 548 g/mol. The normalized spacial score (nSPS) is 21.2. The molecule has 7 nitrogen and oxygen atoms in total. The van der Waals surface area contributed by atoms with Crippen LogP contribution < -0.4 is 20.9 Å². The highest BCUT2D eigenvalue weighted by Gasteiger charge is 2.31. The van der Waals surface area contributed by atoms with Crippen molar-refractivity contribution in [1.82, 2.24) is 10.6 Å². The Morgan fingerprint density at radius 3 is 2.42 bits per heavy atom. The smallest absolute Gasteiger partial charge is 0.251 e. The summed E-state index contributed by atoms with van der Waals surface area (Å²) in [6, 6.07) is 15.4. The molecular formula is C33H48N4O3. The van der Waals surface area contributed by atoms with Gasteiger partial charge in [0.2, 0.25) is 5.91 Å². The maximum absolute atomic E-state index is 13.6. The zero-order valence-corrected chi connectivity index (χ0v) is 24.7. The van der Waals surface area contributed by atoms with Crippen molar-refractivity contribution in [3.63, 3.8) is 0 Å². The summed E-state index contributed by atoms with van der Waals surface area (Å²) in [5, 5.41) is 21.4. The minimum absolute atomic E-state index is 0.0833. The van der Waals surface area contributed by atoms with Gasteiger partial charge in [-0.1, -0.05) is 51.1 Å². The quantitative estimate of drug-likeness (QED) is 0.312. The molecule has 218 valence electrons. The van der Waals surface area contributed by atoms with Crippen LogP contribution in [-0.4, -0.2) is 54.7 Å². The zero-order valence-electron chi connectivity index (χ0n) is 24.7. The van der Waals surface area contributed by atoms with E-state index in [4.69, 9.17) is 0 Å². The number of carbonyl (C=O) groups is 2. The first kappa shape index (κ1) is 30.1. The number of hydrogen-bond acceptors (Lipinski definition) is 5. The van der Waals surface area contributed by atoms with Crippen LogP contribution in [-0.2, 0) is 11.2 Å². The van der Waals surface area contributed by atoms with Gasteiger partial charge in [0.25, 0.3) is 5.91 Å². The van der Waals surface area contributed by atoms with Gasteiger partial charge in [-0.2, -0.15) is 0 Å². The van der Waals surface area contributed by atoms with E-state index >= 15 is 0 Å². The fourth-order valence-electron chi connectivity index (χ4n) is 6.12. The predicted octanol–water partition coefficient (Wildman–Crippen LogP) is 5.14. The molecule has 0 aromatic heterocycles. The second-order valence-electron chi connectivity index (χ2n) is 12.6. The van der Waals surface area contributed by atoms with Crippen LogP contribution in [0.25, 0.3) is 0 Å². The van der Waals surface area contributed by atoms with Crippen LogP contribution in [0.4, 0.5) is 11.4 Å². The van der Waals surface area contributed by atoms with Crippen LogP contribution in [0.5, 0.6) is 0 Å². The second kappa shape index (κ2) is 13.6. The van der Waals surface area contributed by atoms with E-state index in [2.05, 4.69) is 36.7 Å². The Morgan fingerprint density at radius 2 is 1.80 bits per heavy atom. The van der Waals surface area contributed by atoms with Gasteiger partial charge >= 0.3 is 0 Å². The van der Waals surface area contributed by atoms with Crippen molar-refractivity contribution < 1.29 is 14.7 Å². The molecule has 1 heterocycles. The zero-order chi connectivity index (χ0) is 28.7. The van der Waals surface area contributed by atoms with Crippen molar-refractivity contribution in [2.75, 3.05) is 29.9 Å². The van der Waals surface area contributed by atoms with Crippen molar-refractivity contribution in [3.8, 4) is 0 Å². The minimum atomic E-state index is -0.749. The highest BCUT2D eigenvalue weighted by atomic mass is 16.3. The number of nitrogens with one attached hydrogen (secondary N) is 3. The van der Waals surface area contributed by atoms with Crippen LogP contribution in [0, 0.1) is 11.3 Å². The number of amides is 2. The van der Waals surface area contributed by atoms with Gasteiger partial charge < -0.3 is 26.0 Å². The summed E-state index contributed by atoms with van der Waals surface area (Å²) < 4.78 is 0. The van der Waals surface area contributed by atoms with Crippen molar-refractivity contribution in [1.29, 1.82) is 0 Å². The third-order valence-electron chi connectivity index (χ3n) is 8.59. The summed E-state index contributed by atoms with van der Waals surface area (Å²) in [4.78, 5) is 27.8. The van der Waals surface area contributed by atoms with E-state index in [9.17, 15) is 14.7 Å². The maximum Gasteiger partial charge on any atom is 0.251 e. The molecule has 2 aliphatic rings. The fourth-order valence-corrected chi connectivity index (χ4v) is 6.12. The second-order valence-corrected chi connectivity index (χ2v) is 12.6. The van der Waals surface area contributed by atoms with Crippen molar-refractivity contribution in [3.05, 3.63) is 59.7 Å². The number of aliphatic hydroxyl groups excluding tert-OH is 1. The van der Waals surface area contributed by atoms with Crippen LogP contribution in [0.1, 0.15) is 82.1 Å². The fraction of sp³-hybridized carbons (Fsp3) is 0.576. The first-order valence-electron chi connectivity index (χ1n) is 15.1. The number of aliphatic hydroxyl groups is 1. The predicted molar refractivity (Wildman–Crippen MR) is 163 cm³/mol. The highest BCUT2D eigenvalue weighted by molar-refractivity contribution is 6.00. The number of carbonyl (C=O) groups excluding carboxylic acids is 2. The molecular weight excluding hydrogens is 500 g/mol. The lowest BCUT2D eigenvalue weighted by molar-refractivity contribution is -0.117. The standard InChI is InChI=1S/C33H48N4O3/c1-5-34-27-19-24(20-28(21-27)37-17-9-12-31(37)39)32(40)36-29(18-23-10-7-6-8-11-23)30(38)22-35-26-15-13-25(14-16-26)33(2,3)4/h6-8,10-11,19-21,25-26,29-30,34-35,38H,5,9,12-18,22H2,1-4H3,(H,36,40)/t25?,26?,29-,30+/m0/s1. The molecule has 1 saturated heterocycles. The Bertz CT molecular complexity index is 1120. The minimum Gasteiger partial charge on any atom is -0.390 e. The molecule has 0 bridgehead atoms. The number of benzene rings is 2. The molecule has 0 unspecified atom stereocenters. The van der Waals surface area contributed by atoms with Gasteiger partial charge in [0.1, 0.15) is 0 Å². The van der Waals surface area contributed by atoms with Crippen molar-refractivity contribution in [2.45, 2.75) is 90.8 Å². The Kier molecular flexibility index (Phi) is 10.3. The number of nitrogens with zero attached hydrogens (tertiary/aromatic N) is 1. The molecule has 2 atom stereocenters. The van der Waals surface area contributed by atoms with Gasteiger partial charge in [0, 0.05) is 49.0 Å². The van der Waals surface area contributed by atoms with Gasteiger partial charge in [-0.05, 0) is 80.5 Å². The molecule has 4 rings (SSSR count). The third kappa shape index (κ3) is 8.07. The average molecular weight is 549 g/mol. The van der Waals surface area contributed by atoms with E-state index in [-0.39, 0.29) is 11.8 Å². The summed E-state index contributed by atoms with van der Waals surface area (Å²) in [6.45, 7) is 10.8. The lowest BCUT2D eigenvalue weighted by Gasteiger charge is -2.37. The third-order valence-corrected chi connectivity index (χ3v) is 8.59. The van der Waals surface area contributed by atoms with Crippen LogP contribution in [0.2, 0.25) is 0 Å². The average Bonchev–Trinajstić information content (AvgIpc) is 3.37. The van der Waals surface area contributed by atoms with E-state index in [0.717, 1.165) is 42.1 Å². The van der Waals surface area contributed by atoms with Gasteiger partial charge in [-0.25, -0.2) is 0 Å². The molecule has 2 aromatic carbocycles. The van der Waals surface area contributed by atoms with E-state index in [1.807, 2.05) is 49.4 Å². The first-order valence-corrected chi connectivity index (χ1v) is 15.1.